The van der Waals surface area contributed by atoms with Gasteiger partial charge in [-0.15, -0.1) is 5.10 Å². The molecule has 2 aromatic carbocycles. The molecule has 0 saturated heterocycles. The number of para-hydroxylation sites is 1. The second-order valence-electron chi connectivity index (χ2n) is 4.97. The Labute approximate surface area is 143 Å². The van der Waals surface area contributed by atoms with Gasteiger partial charge in [-0.3, -0.25) is 4.79 Å². The van der Waals surface area contributed by atoms with Gasteiger partial charge in [-0.1, -0.05) is 29.8 Å². The Morgan fingerprint density at radius 3 is 2.75 bits per heavy atom. The summed E-state index contributed by atoms with van der Waals surface area (Å²) in [5.74, 6) is 0.450. The summed E-state index contributed by atoms with van der Waals surface area (Å²) in [6.07, 6.45) is 0. The van der Waals surface area contributed by atoms with Gasteiger partial charge in [0.1, 0.15) is 0 Å². The Bertz CT molecular complexity index is 849. The molecule has 3 rings (SSSR count). The zero-order valence-corrected chi connectivity index (χ0v) is 13.7. The Hall–Kier alpha value is -2.93. The molecule has 8 heteroatoms. The lowest BCUT2D eigenvalue weighted by Gasteiger charge is -2.10. The first-order chi connectivity index (χ1) is 11.7. The van der Waals surface area contributed by atoms with Gasteiger partial charge < -0.3 is 10.6 Å². The molecule has 7 nitrogen and oxygen atoms in total. The number of aromatic nitrogens is 4. The summed E-state index contributed by atoms with van der Waals surface area (Å²) in [4.78, 5) is 11.7. The Morgan fingerprint density at radius 1 is 1.21 bits per heavy atom. The van der Waals surface area contributed by atoms with Gasteiger partial charge in [0.2, 0.25) is 0 Å². The van der Waals surface area contributed by atoms with Gasteiger partial charge in [-0.25, -0.2) is 0 Å². The first kappa shape index (κ1) is 15.9. The largest absolute Gasteiger partial charge is 0.376 e. The summed E-state index contributed by atoms with van der Waals surface area (Å²) >= 11 is 6.19. The molecule has 0 bridgehead atoms. The third-order valence-corrected chi connectivity index (χ3v) is 3.76. The van der Waals surface area contributed by atoms with E-state index in [1.807, 2.05) is 30.3 Å². The van der Waals surface area contributed by atoms with Crippen LogP contribution in [0.3, 0.4) is 0 Å². The second kappa shape index (κ2) is 7.10. The standard InChI is InChI=1S/C16H15ClN6O/c1-18-16(24)11-7-8-13(17)14(9-11)19-10-15-20-21-22-23(15)12-5-3-2-4-6-12/h2-9,19H,10H2,1H3,(H,18,24). The van der Waals surface area contributed by atoms with E-state index in [1.165, 1.54) is 0 Å². The first-order valence-electron chi connectivity index (χ1n) is 7.27. The molecule has 1 amide bonds. The smallest absolute Gasteiger partial charge is 0.251 e. The fraction of sp³-hybridized carbons (Fsp3) is 0.125. The molecular weight excluding hydrogens is 328 g/mol. The van der Waals surface area contributed by atoms with E-state index in [1.54, 1.807) is 29.9 Å². The van der Waals surface area contributed by atoms with Crippen molar-refractivity contribution >= 4 is 23.2 Å². The van der Waals surface area contributed by atoms with Gasteiger partial charge in [-0.05, 0) is 40.8 Å². The van der Waals surface area contributed by atoms with Gasteiger partial charge in [0.05, 0.1) is 22.9 Å². The average molecular weight is 343 g/mol. The number of carbonyl (C=O) groups is 1. The zero-order chi connectivity index (χ0) is 16.9. The molecule has 1 heterocycles. The molecule has 0 atom stereocenters. The van der Waals surface area contributed by atoms with Gasteiger partial charge in [0, 0.05) is 12.6 Å². The molecule has 122 valence electrons. The van der Waals surface area contributed by atoms with Crippen molar-refractivity contribution < 1.29 is 4.79 Å². The molecule has 0 fully saturated rings. The Kier molecular flexibility index (Phi) is 4.72. The highest BCUT2D eigenvalue weighted by molar-refractivity contribution is 6.33. The zero-order valence-electron chi connectivity index (χ0n) is 12.9. The monoisotopic (exact) mass is 342 g/mol. The predicted molar refractivity (Wildman–Crippen MR) is 91.3 cm³/mol. The van der Waals surface area contributed by atoms with E-state index in [0.717, 1.165) is 5.69 Å². The fourth-order valence-corrected chi connectivity index (χ4v) is 2.39. The van der Waals surface area contributed by atoms with Crippen molar-refractivity contribution in [2.75, 3.05) is 12.4 Å². The minimum atomic E-state index is -0.177. The van der Waals surface area contributed by atoms with Crippen molar-refractivity contribution in [1.29, 1.82) is 0 Å². The highest BCUT2D eigenvalue weighted by Gasteiger charge is 2.11. The van der Waals surface area contributed by atoms with Crippen LogP contribution in [0.25, 0.3) is 5.69 Å². The summed E-state index contributed by atoms with van der Waals surface area (Å²) in [5.41, 5.74) is 2.02. The number of hydrogen-bond acceptors (Lipinski definition) is 5. The molecule has 0 aliphatic rings. The number of hydrogen-bond donors (Lipinski definition) is 2. The summed E-state index contributed by atoms with van der Waals surface area (Å²) in [6, 6.07) is 14.6. The van der Waals surface area contributed by atoms with Crippen molar-refractivity contribution in [3.8, 4) is 5.69 Å². The van der Waals surface area contributed by atoms with Crippen LogP contribution in [0.1, 0.15) is 16.2 Å². The lowest BCUT2D eigenvalue weighted by atomic mass is 10.2. The summed E-state index contributed by atoms with van der Waals surface area (Å²) in [7, 11) is 1.58. The van der Waals surface area contributed by atoms with Gasteiger partial charge in [0.15, 0.2) is 5.82 Å². The van der Waals surface area contributed by atoms with E-state index in [-0.39, 0.29) is 5.91 Å². The van der Waals surface area contributed by atoms with E-state index in [0.29, 0.717) is 28.6 Å². The molecule has 1 aromatic heterocycles. The summed E-state index contributed by atoms with van der Waals surface area (Å²) < 4.78 is 1.64. The molecule has 3 aromatic rings. The normalized spacial score (nSPS) is 10.4. The molecule has 0 aliphatic carbocycles. The van der Waals surface area contributed by atoms with Crippen molar-refractivity contribution in [1.82, 2.24) is 25.5 Å². The molecule has 0 spiro atoms. The number of amides is 1. The number of carbonyl (C=O) groups excluding carboxylic acids is 1. The molecule has 24 heavy (non-hydrogen) atoms. The van der Waals surface area contributed by atoms with Crippen LogP contribution in [0.5, 0.6) is 0 Å². The van der Waals surface area contributed by atoms with Crippen LogP contribution in [-0.4, -0.2) is 33.2 Å². The maximum atomic E-state index is 11.7. The van der Waals surface area contributed by atoms with Crippen LogP contribution in [0.15, 0.2) is 48.5 Å². The molecular formula is C16H15ClN6O. The van der Waals surface area contributed by atoms with Crippen LogP contribution in [-0.2, 0) is 6.54 Å². The molecule has 0 unspecified atom stereocenters. The Balaban J connectivity index is 1.80. The number of anilines is 1. The van der Waals surface area contributed by atoms with Crippen LogP contribution in [0.4, 0.5) is 5.69 Å². The van der Waals surface area contributed by atoms with Crippen molar-refractivity contribution in [3.05, 3.63) is 64.9 Å². The highest BCUT2D eigenvalue weighted by Crippen LogP contribution is 2.23. The maximum absolute atomic E-state index is 11.7. The number of nitrogens with one attached hydrogen (secondary N) is 2. The number of nitrogens with zero attached hydrogens (tertiary/aromatic N) is 4. The summed E-state index contributed by atoms with van der Waals surface area (Å²) in [6.45, 7) is 0.360. The van der Waals surface area contributed by atoms with Gasteiger partial charge >= 0.3 is 0 Å². The third kappa shape index (κ3) is 3.36. The Morgan fingerprint density at radius 2 is 2.00 bits per heavy atom. The van der Waals surface area contributed by atoms with Gasteiger partial charge in [0.25, 0.3) is 5.91 Å². The van der Waals surface area contributed by atoms with Crippen LogP contribution in [0.2, 0.25) is 5.02 Å². The number of tetrazole rings is 1. The highest BCUT2D eigenvalue weighted by atomic mass is 35.5. The molecule has 0 aliphatic heterocycles. The molecule has 0 saturated carbocycles. The van der Waals surface area contributed by atoms with E-state index in [4.69, 9.17) is 11.6 Å². The van der Waals surface area contributed by atoms with Crippen molar-refractivity contribution in [3.63, 3.8) is 0 Å². The number of benzene rings is 2. The van der Waals surface area contributed by atoms with Crippen LogP contribution >= 0.6 is 11.6 Å². The third-order valence-electron chi connectivity index (χ3n) is 3.43. The minimum absolute atomic E-state index is 0.177. The average Bonchev–Trinajstić information content (AvgIpc) is 3.09. The van der Waals surface area contributed by atoms with Crippen LogP contribution in [0, 0.1) is 0 Å². The molecule has 0 radical (unpaired) electrons. The minimum Gasteiger partial charge on any atom is -0.376 e. The topological polar surface area (TPSA) is 84.7 Å². The maximum Gasteiger partial charge on any atom is 0.251 e. The second-order valence-corrected chi connectivity index (χ2v) is 5.38. The fourth-order valence-electron chi connectivity index (χ4n) is 2.21. The van der Waals surface area contributed by atoms with Gasteiger partial charge in [-0.2, -0.15) is 4.68 Å². The lowest BCUT2D eigenvalue weighted by molar-refractivity contribution is 0.0963. The van der Waals surface area contributed by atoms with Crippen molar-refractivity contribution in [2.45, 2.75) is 6.54 Å². The first-order valence-corrected chi connectivity index (χ1v) is 7.65. The quantitative estimate of drug-likeness (QED) is 0.743. The van der Waals surface area contributed by atoms with Crippen LogP contribution < -0.4 is 10.6 Å². The van der Waals surface area contributed by atoms with Crippen molar-refractivity contribution in [2.24, 2.45) is 0 Å². The van der Waals surface area contributed by atoms with E-state index in [9.17, 15) is 4.79 Å². The molecule has 2 N–H and O–H groups in total. The summed E-state index contributed by atoms with van der Waals surface area (Å²) in [5, 5.41) is 18.0. The van der Waals surface area contributed by atoms with E-state index < -0.39 is 0 Å². The lowest BCUT2D eigenvalue weighted by Crippen LogP contribution is -2.18. The predicted octanol–water partition coefficient (Wildman–Crippen LogP) is 2.29. The van der Waals surface area contributed by atoms with E-state index >= 15 is 0 Å². The SMILES string of the molecule is CNC(=O)c1ccc(Cl)c(NCc2nnnn2-c2ccccc2)c1. The van der Waals surface area contributed by atoms with E-state index in [2.05, 4.69) is 26.2 Å². The number of rotatable bonds is 5. The number of halogens is 1.